The molecule has 0 fully saturated rings. The van der Waals surface area contributed by atoms with E-state index in [0.29, 0.717) is 5.75 Å². The van der Waals surface area contributed by atoms with Gasteiger partial charge in [0, 0.05) is 0 Å². The van der Waals surface area contributed by atoms with Crippen LogP contribution in [0.25, 0.3) is 0 Å². The maximum Gasteiger partial charge on any atom is 0.326 e. The summed E-state index contributed by atoms with van der Waals surface area (Å²) < 4.78 is 29.3. The number of rotatable bonds is 5. The van der Waals surface area contributed by atoms with Crippen LogP contribution in [0.3, 0.4) is 0 Å². The van der Waals surface area contributed by atoms with Gasteiger partial charge in [0.1, 0.15) is 12.3 Å². The van der Waals surface area contributed by atoms with E-state index in [1.807, 2.05) is 13.0 Å². The number of aryl methyl sites for hydroxylation is 1. The molecule has 0 radical (unpaired) electrons. The summed E-state index contributed by atoms with van der Waals surface area (Å²) in [6.45, 7) is 3.01. The minimum absolute atomic E-state index is 0.0648. The Labute approximate surface area is 101 Å². The largest absolute Gasteiger partial charge is 0.426 e. The van der Waals surface area contributed by atoms with Crippen molar-refractivity contribution in [3.05, 3.63) is 29.8 Å². The number of sulfonamides is 1. The molecule has 0 aliphatic carbocycles. The molecule has 0 aliphatic rings. The van der Waals surface area contributed by atoms with E-state index in [4.69, 9.17) is 4.74 Å². The van der Waals surface area contributed by atoms with E-state index < -0.39 is 16.0 Å². The van der Waals surface area contributed by atoms with E-state index in [9.17, 15) is 13.2 Å². The first-order valence-corrected chi connectivity index (χ1v) is 6.83. The maximum atomic E-state index is 11.3. The summed E-state index contributed by atoms with van der Waals surface area (Å²) in [7, 11) is -3.37. The van der Waals surface area contributed by atoms with E-state index in [1.165, 1.54) is 6.92 Å². The number of hydrogen-bond donors (Lipinski definition) is 1. The highest BCUT2D eigenvalue weighted by atomic mass is 32.2. The molecular formula is C11H15NO4S. The molecule has 0 saturated carbocycles. The fraction of sp³-hybridized carbons (Fsp3) is 0.364. The van der Waals surface area contributed by atoms with Gasteiger partial charge in [-0.3, -0.25) is 4.79 Å². The molecule has 94 valence electrons. The molecule has 1 N–H and O–H groups in total. The Morgan fingerprint density at radius 2 is 2.12 bits per heavy atom. The van der Waals surface area contributed by atoms with Crippen molar-refractivity contribution in [2.75, 3.05) is 12.3 Å². The third-order valence-corrected chi connectivity index (χ3v) is 3.38. The Kier molecular flexibility index (Phi) is 4.65. The van der Waals surface area contributed by atoms with Gasteiger partial charge in [0.15, 0.2) is 0 Å². The SMILES string of the molecule is CCS(=O)(=O)NCC(=O)Oc1cccc(C)c1. The summed E-state index contributed by atoms with van der Waals surface area (Å²) in [6.07, 6.45) is 0. The van der Waals surface area contributed by atoms with Crippen molar-refractivity contribution >= 4 is 16.0 Å². The Balaban J connectivity index is 2.51. The van der Waals surface area contributed by atoms with Crippen molar-refractivity contribution in [1.29, 1.82) is 0 Å². The minimum atomic E-state index is -3.37. The molecule has 0 aliphatic heterocycles. The van der Waals surface area contributed by atoms with Crippen molar-refractivity contribution in [2.45, 2.75) is 13.8 Å². The first kappa shape index (κ1) is 13.7. The quantitative estimate of drug-likeness (QED) is 0.626. The first-order chi connectivity index (χ1) is 7.93. The molecule has 5 nitrogen and oxygen atoms in total. The number of esters is 1. The molecule has 17 heavy (non-hydrogen) atoms. The molecule has 0 spiro atoms. The molecule has 1 aromatic rings. The fourth-order valence-corrected chi connectivity index (χ4v) is 1.66. The first-order valence-electron chi connectivity index (χ1n) is 5.17. The van der Waals surface area contributed by atoms with Crippen LogP contribution in [-0.4, -0.2) is 26.7 Å². The second kappa shape index (κ2) is 5.79. The molecule has 0 saturated heterocycles. The van der Waals surface area contributed by atoms with Gasteiger partial charge in [-0.1, -0.05) is 12.1 Å². The molecule has 0 aromatic heterocycles. The Morgan fingerprint density at radius 3 is 2.71 bits per heavy atom. The molecule has 1 rings (SSSR count). The van der Waals surface area contributed by atoms with Gasteiger partial charge < -0.3 is 4.74 Å². The highest BCUT2D eigenvalue weighted by Crippen LogP contribution is 2.12. The number of ether oxygens (including phenoxy) is 1. The van der Waals surface area contributed by atoms with Gasteiger partial charge in [-0.15, -0.1) is 0 Å². The summed E-state index contributed by atoms with van der Waals surface area (Å²) in [5.41, 5.74) is 0.962. The topological polar surface area (TPSA) is 72.5 Å². The molecule has 0 heterocycles. The van der Waals surface area contributed by atoms with Crippen LogP contribution in [0.15, 0.2) is 24.3 Å². The van der Waals surface area contributed by atoms with Gasteiger partial charge in [-0.25, -0.2) is 13.1 Å². The molecule has 0 amide bonds. The number of carbonyl (C=O) groups excluding carboxylic acids is 1. The van der Waals surface area contributed by atoms with Gasteiger partial charge in [0.2, 0.25) is 10.0 Å². The van der Waals surface area contributed by atoms with Crippen LogP contribution >= 0.6 is 0 Å². The van der Waals surface area contributed by atoms with Gasteiger partial charge in [0.05, 0.1) is 5.75 Å². The lowest BCUT2D eigenvalue weighted by Crippen LogP contribution is -2.32. The van der Waals surface area contributed by atoms with Crippen LogP contribution in [0.1, 0.15) is 12.5 Å². The standard InChI is InChI=1S/C11H15NO4S/c1-3-17(14,15)12-8-11(13)16-10-6-4-5-9(2)7-10/h4-7,12H,3,8H2,1-2H3. The highest BCUT2D eigenvalue weighted by Gasteiger charge is 2.11. The predicted octanol–water partition coefficient (Wildman–Crippen LogP) is 0.840. The summed E-state index contributed by atoms with van der Waals surface area (Å²) in [5, 5.41) is 0. The van der Waals surface area contributed by atoms with E-state index in [1.54, 1.807) is 18.2 Å². The van der Waals surface area contributed by atoms with E-state index in [0.717, 1.165) is 5.56 Å². The average molecular weight is 257 g/mol. The summed E-state index contributed by atoms with van der Waals surface area (Å²) in [5.74, 6) is -0.289. The second-order valence-corrected chi connectivity index (χ2v) is 5.61. The second-order valence-electron chi connectivity index (χ2n) is 3.52. The normalized spacial score (nSPS) is 11.2. The van der Waals surface area contributed by atoms with Crippen molar-refractivity contribution in [2.24, 2.45) is 0 Å². The number of hydrogen-bond acceptors (Lipinski definition) is 4. The Hall–Kier alpha value is -1.40. The molecule has 6 heteroatoms. The minimum Gasteiger partial charge on any atom is -0.426 e. The summed E-state index contributed by atoms with van der Waals surface area (Å²) in [4.78, 5) is 11.3. The monoisotopic (exact) mass is 257 g/mol. The van der Waals surface area contributed by atoms with Crippen molar-refractivity contribution < 1.29 is 17.9 Å². The van der Waals surface area contributed by atoms with Crippen LogP contribution < -0.4 is 9.46 Å². The van der Waals surface area contributed by atoms with Gasteiger partial charge >= 0.3 is 5.97 Å². The third-order valence-electron chi connectivity index (χ3n) is 2.04. The van der Waals surface area contributed by atoms with Gasteiger partial charge in [-0.05, 0) is 31.5 Å². The zero-order chi connectivity index (χ0) is 12.9. The summed E-state index contributed by atoms with van der Waals surface area (Å²) >= 11 is 0. The molecule has 0 unspecified atom stereocenters. The smallest absolute Gasteiger partial charge is 0.326 e. The zero-order valence-corrected chi connectivity index (χ0v) is 10.6. The number of nitrogens with one attached hydrogen (secondary N) is 1. The van der Waals surface area contributed by atoms with E-state index in [2.05, 4.69) is 4.72 Å². The van der Waals surface area contributed by atoms with Crippen LogP contribution in [-0.2, 0) is 14.8 Å². The Bertz CT molecular complexity index is 496. The lowest BCUT2D eigenvalue weighted by molar-refractivity contribution is -0.133. The lowest BCUT2D eigenvalue weighted by Gasteiger charge is -2.06. The van der Waals surface area contributed by atoms with Crippen LogP contribution in [0.5, 0.6) is 5.75 Å². The molecular weight excluding hydrogens is 242 g/mol. The number of carbonyl (C=O) groups is 1. The van der Waals surface area contributed by atoms with Crippen LogP contribution in [0.4, 0.5) is 0 Å². The van der Waals surface area contributed by atoms with Crippen LogP contribution in [0, 0.1) is 6.92 Å². The summed E-state index contributed by atoms with van der Waals surface area (Å²) in [6, 6.07) is 6.97. The molecule has 1 aromatic carbocycles. The average Bonchev–Trinajstić information content (AvgIpc) is 2.27. The van der Waals surface area contributed by atoms with Gasteiger partial charge in [-0.2, -0.15) is 0 Å². The molecule has 0 atom stereocenters. The molecule has 0 bridgehead atoms. The van der Waals surface area contributed by atoms with Crippen molar-refractivity contribution in [3.8, 4) is 5.75 Å². The fourth-order valence-electron chi connectivity index (χ4n) is 1.12. The van der Waals surface area contributed by atoms with Gasteiger partial charge in [0.25, 0.3) is 0 Å². The van der Waals surface area contributed by atoms with Crippen molar-refractivity contribution in [3.63, 3.8) is 0 Å². The maximum absolute atomic E-state index is 11.3. The van der Waals surface area contributed by atoms with E-state index >= 15 is 0 Å². The highest BCUT2D eigenvalue weighted by molar-refractivity contribution is 7.89. The lowest BCUT2D eigenvalue weighted by atomic mass is 10.2. The predicted molar refractivity (Wildman–Crippen MR) is 64.3 cm³/mol. The van der Waals surface area contributed by atoms with Crippen LogP contribution in [0.2, 0.25) is 0 Å². The Morgan fingerprint density at radius 1 is 1.41 bits per heavy atom. The van der Waals surface area contributed by atoms with Crippen molar-refractivity contribution in [1.82, 2.24) is 4.72 Å². The zero-order valence-electron chi connectivity index (χ0n) is 9.76. The van der Waals surface area contributed by atoms with E-state index in [-0.39, 0.29) is 12.3 Å². The number of benzene rings is 1. The third kappa shape index (κ3) is 4.97.